The Morgan fingerprint density at radius 2 is 2.25 bits per heavy atom. The molecule has 1 rings (SSSR count). The van der Waals surface area contributed by atoms with Crippen LogP contribution in [0.3, 0.4) is 0 Å². The highest BCUT2D eigenvalue weighted by Crippen LogP contribution is 2.07. The van der Waals surface area contributed by atoms with Crippen molar-refractivity contribution in [3.8, 4) is 6.01 Å². The lowest BCUT2D eigenvalue weighted by molar-refractivity contribution is 0.310. The lowest BCUT2D eigenvalue weighted by Crippen LogP contribution is -2.04. The Morgan fingerprint density at radius 3 is 2.83 bits per heavy atom. The van der Waals surface area contributed by atoms with Gasteiger partial charge in [0.2, 0.25) is 5.95 Å². The van der Waals surface area contributed by atoms with Gasteiger partial charge in [-0.05, 0) is 13.3 Å². The van der Waals surface area contributed by atoms with Crippen LogP contribution in [0.2, 0.25) is 0 Å². The molecule has 0 aliphatic carbocycles. The molecule has 0 saturated carbocycles. The number of nitrogen functional groups attached to an aromatic ring is 1. The summed E-state index contributed by atoms with van der Waals surface area (Å²) in [6.07, 6.45) is 0.985. The molecule has 2 N–H and O–H groups in total. The van der Waals surface area contributed by atoms with E-state index < -0.39 is 0 Å². The summed E-state index contributed by atoms with van der Waals surface area (Å²) in [5.74, 6) is 0.417. The van der Waals surface area contributed by atoms with Crippen LogP contribution in [0, 0.1) is 0 Å². The highest BCUT2D eigenvalue weighted by molar-refractivity contribution is 5.18. The van der Waals surface area contributed by atoms with E-state index >= 15 is 0 Å². The van der Waals surface area contributed by atoms with Crippen molar-refractivity contribution < 1.29 is 4.74 Å². The smallest absolute Gasteiger partial charge is 0.337 e. The zero-order chi connectivity index (χ0) is 8.97. The van der Waals surface area contributed by atoms with Crippen molar-refractivity contribution in [1.82, 2.24) is 14.8 Å². The maximum atomic E-state index is 5.57. The number of aryl methyl sites for hydroxylation is 1. The predicted molar refractivity (Wildman–Crippen MR) is 45.9 cm³/mol. The van der Waals surface area contributed by atoms with Gasteiger partial charge in [-0.3, -0.25) is 0 Å². The van der Waals surface area contributed by atoms with E-state index in [1.165, 1.54) is 0 Å². The Labute approximate surface area is 71.5 Å². The topological polar surface area (TPSA) is 66.0 Å². The zero-order valence-corrected chi connectivity index (χ0v) is 7.45. The van der Waals surface area contributed by atoms with Crippen molar-refractivity contribution in [3.05, 3.63) is 0 Å². The van der Waals surface area contributed by atoms with Gasteiger partial charge in [0.1, 0.15) is 0 Å². The van der Waals surface area contributed by atoms with Crippen LogP contribution in [0.15, 0.2) is 0 Å². The summed E-state index contributed by atoms with van der Waals surface area (Å²) in [7, 11) is 0. The molecule has 5 heteroatoms. The molecule has 0 aromatic carbocycles. The van der Waals surface area contributed by atoms with Gasteiger partial charge in [0.15, 0.2) is 0 Å². The first kappa shape index (κ1) is 8.83. The largest absolute Gasteiger partial charge is 0.463 e. The average molecular weight is 170 g/mol. The molecule has 0 fully saturated rings. The molecule has 0 radical (unpaired) electrons. The monoisotopic (exact) mass is 170 g/mol. The summed E-state index contributed by atoms with van der Waals surface area (Å²) in [6, 6.07) is 0.364. The number of ether oxygens (including phenoxy) is 1. The van der Waals surface area contributed by atoms with Gasteiger partial charge in [0.25, 0.3) is 0 Å². The van der Waals surface area contributed by atoms with Crippen LogP contribution in [-0.2, 0) is 6.54 Å². The SMILES string of the molecule is CCCn1nc(OCC)nc1N. The van der Waals surface area contributed by atoms with Crippen LogP contribution in [-0.4, -0.2) is 21.4 Å². The van der Waals surface area contributed by atoms with E-state index in [0.29, 0.717) is 18.6 Å². The molecule has 0 saturated heterocycles. The Balaban J connectivity index is 2.70. The number of hydrogen-bond donors (Lipinski definition) is 1. The average Bonchev–Trinajstić information content (AvgIpc) is 2.34. The third-order valence-corrected chi connectivity index (χ3v) is 1.39. The molecule has 0 aliphatic heterocycles. The Bertz CT molecular complexity index is 246. The molecule has 5 nitrogen and oxygen atoms in total. The van der Waals surface area contributed by atoms with Crippen molar-refractivity contribution >= 4 is 5.95 Å². The van der Waals surface area contributed by atoms with Crippen molar-refractivity contribution in [1.29, 1.82) is 0 Å². The van der Waals surface area contributed by atoms with E-state index in [4.69, 9.17) is 10.5 Å². The number of aromatic nitrogens is 3. The van der Waals surface area contributed by atoms with Crippen LogP contribution in [0.1, 0.15) is 20.3 Å². The lowest BCUT2D eigenvalue weighted by atomic mass is 10.5. The van der Waals surface area contributed by atoms with Crippen LogP contribution in [0.5, 0.6) is 6.01 Å². The van der Waals surface area contributed by atoms with Gasteiger partial charge < -0.3 is 10.5 Å². The minimum atomic E-state index is 0.364. The molecule has 0 atom stereocenters. The maximum absolute atomic E-state index is 5.57. The Hall–Kier alpha value is -1.26. The van der Waals surface area contributed by atoms with Gasteiger partial charge in [-0.1, -0.05) is 6.92 Å². The third-order valence-electron chi connectivity index (χ3n) is 1.39. The summed E-state index contributed by atoms with van der Waals surface area (Å²) in [6.45, 7) is 5.29. The first-order chi connectivity index (χ1) is 5.77. The van der Waals surface area contributed by atoms with Gasteiger partial charge in [-0.25, -0.2) is 4.68 Å². The number of nitrogens with two attached hydrogens (primary N) is 1. The predicted octanol–water partition coefficient (Wildman–Crippen LogP) is 0.669. The van der Waals surface area contributed by atoms with Crippen LogP contribution >= 0.6 is 0 Å². The van der Waals surface area contributed by atoms with Gasteiger partial charge in [-0.15, -0.1) is 5.10 Å². The number of nitrogens with zero attached hydrogens (tertiary/aromatic N) is 3. The lowest BCUT2D eigenvalue weighted by Gasteiger charge is -1.96. The second-order valence-electron chi connectivity index (χ2n) is 2.41. The summed E-state index contributed by atoms with van der Waals surface area (Å²) in [4.78, 5) is 3.93. The van der Waals surface area contributed by atoms with E-state index in [9.17, 15) is 0 Å². The summed E-state index contributed by atoms with van der Waals surface area (Å²) >= 11 is 0. The molecule has 0 unspecified atom stereocenters. The number of anilines is 1. The molecular weight excluding hydrogens is 156 g/mol. The normalized spacial score (nSPS) is 10.2. The molecule has 0 amide bonds. The quantitative estimate of drug-likeness (QED) is 0.721. The number of rotatable bonds is 4. The van der Waals surface area contributed by atoms with Crippen molar-refractivity contribution in [2.75, 3.05) is 12.3 Å². The van der Waals surface area contributed by atoms with Crippen LogP contribution in [0.4, 0.5) is 5.95 Å². The zero-order valence-electron chi connectivity index (χ0n) is 7.45. The van der Waals surface area contributed by atoms with E-state index in [1.54, 1.807) is 4.68 Å². The number of hydrogen-bond acceptors (Lipinski definition) is 4. The summed E-state index contributed by atoms with van der Waals surface area (Å²) in [5.41, 5.74) is 5.57. The molecule has 12 heavy (non-hydrogen) atoms. The molecule has 1 heterocycles. The second-order valence-corrected chi connectivity index (χ2v) is 2.41. The minimum Gasteiger partial charge on any atom is -0.463 e. The Kier molecular flexibility index (Phi) is 2.90. The van der Waals surface area contributed by atoms with E-state index in [1.807, 2.05) is 6.92 Å². The van der Waals surface area contributed by atoms with Crippen molar-refractivity contribution in [2.45, 2.75) is 26.8 Å². The summed E-state index contributed by atoms with van der Waals surface area (Å²) in [5, 5.41) is 4.05. The second kappa shape index (κ2) is 3.94. The maximum Gasteiger partial charge on any atom is 0.337 e. The standard InChI is InChI=1S/C7H14N4O/c1-3-5-11-6(8)9-7(10-11)12-4-2/h3-5H2,1-2H3,(H2,8,9,10). The molecule has 0 aliphatic rings. The summed E-state index contributed by atoms with van der Waals surface area (Å²) < 4.78 is 6.73. The van der Waals surface area contributed by atoms with E-state index in [0.717, 1.165) is 13.0 Å². The molecule has 1 aromatic rings. The highest BCUT2D eigenvalue weighted by Gasteiger charge is 2.05. The molecule has 0 spiro atoms. The van der Waals surface area contributed by atoms with Gasteiger partial charge in [0.05, 0.1) is 6.61 Å². The van der Waals surface area contributed by atoms with Crippen molar-refractivity contribution in [3.63, 3.8) is 0 Å². The molecule has 68 valence electrons. The molecule has 1 aromatic heterocycles. The van der Waals surface area contributed by atoms with Gasteiger partial charge in [0, 0.05) is 6.54 Å². The van der Waals surface area contributed by atoms with Crippen LogP contribution in [0.25, 0.3) is 0 Å². The van der Waals surface area contributed by atoms with Gasteiger partial charge >= 0.3 is 6.01 Å². The fourth-order valence-corrected chi connectivity index (χ4v) is 0.899. The van der Waals surface area contributed by atoms with Gasteiger partial charge in [-0.2, -0.15) is 4.98 Å². The fourth-order valence-electron chi connectivity index (χ4n) is 0.899. The first-order valence-electron chi connectivity index (χ1n) is 4.11. The van der Waals surface area contributed by atoms with E-state index in [2.05, 4.69) is 17.0 Å². The van der Waals surface area contributed by atoms with Crippen molar-refractivity contribution in [2.24, 2.45) is 0 Å². The highest BCUT2D eigenvalue weighted by atomic mass is 16.5. The van der Waals surface area contributed by atoms with E-state index in [-0.39, 0.29) is 0 Å². The van der Waals surface area contributed by atoms with Crippen LogP contribution < -0.4 is 10.5 Å². The minimum absolute atomic E-state index is 0.364. The third kappa shape index (κ3) is 1.87. The fraction of sp³-hybridized carbons (Fsp3) is 0.714. The first-order valence-corrected chi connectivity index (χ1v) is 4.11. The Morgan fingerprint density at radius 1 is 1.50 bits per heavy atom. The molecular formula is C7H14N4O. The molecule has 0 bridgehead atoms.